The number of piperidine rings is 1. The normalized spacial score (nSPS) is 18.0. The number of anilines is 1. The van der Waals surface area contributed by atoms with E-state index in [9.17, 15) is 9.90 Å². The van der Waals surface area contributed by atoms with Crippen LogP contribution in [0.15, 0.2) is 30.9 Å². The van der Waals surface area contributed by atoms with Crippen molar-refractivity contribution in [2.75, 3.05) is 31.6 Å². The molecule has 0 aliphatic carbocycles. The SMILES string of the molecule is C=CCNCc1ccc(N2CCCC(C(=O)O)C2)c(OC)c1. The summed E-state index contributed by atoms with van der Waals surface area (Å²) in [6, 6.07) is 6.09. The number of hydrogen-bond acceptors (Lipinski definition) is 4. The van der Waals surface area contributed by atoms with Gasteiger partial charge in [0.15, 0.2) is 0 Å². The van der Waals surface area contributed by atoms with E-state index in [-0.39, 0.29) is 5.92 Å². The zero-order chi connectivity index (χ0) is 15.9. The molecule has 2 N–H and O–H groups in total. The van der Waals surface area contributed by atoms with Gasteiger partial charge in [0.25, 0.3) is 0 Å². The molecule has 0 amide bonds. The molecule has 1 fully saturated rings. The fourth-order valence-electron chi connectivity index (χ4n) is 2.81. The van der Waals surface area contributed by atoms with Gasteiger partial charge >= 0.3 is 5.97 Å². The van der Waals surface area contributed by atoms with E-state index < -0.39 is 5.97 Å². The van der Waals surface area contributed by atoms with Crippen molar-refractivity contribution in [2.45, 2.75) is 19.4 Å². The first kappa shape index (κ1) is 16.4. The molecule has 5 nitrogen and oxygen atoms in total. The number of nitrogens with zero attached hydrogens (tertiary/aromatic N) is 1. The summed E-state index contributed by atoms with van der Waals surface area (Å²) in [6.45, 7) is 6.60. The fraction of sp³-hybridized carbons (Fsp3) is 0.471. The van der Waals surface area contributed by atoms with Crippen molar-refractivity contribution < 1.29 is 14.6 Å². The zero-order valence-electron chi connectivity index (χ0n) is 13.0. The molecule has 1 saturated heterocycles. The fourth-order valence-corrected chi connectivity index (χ4v) is 2.81. The highest BCUT2D eigenvalue weighted by molar-refractivity contribution is 5.72. The minimum atomic E-state index is -0.714. The highest BCUT2D eigenvalue weighted by atomic mass is 16.5. The van der Waals surface area contributed by atoms with Crippen molar-refractivity contribution in [2.24, 2.45) is 5.92 Å². The Kier molecular flexibility index (Phi) is 5.83. The maximum absolute atomic E-state index is 11.2. The van der Waals surface area contributed by atoms with E-state index in [2.05, 4.69) is 22.9 Å². The Labute approximate surface area is 131 Å². The molecule has 1 aliphatic heterocycles. The van der Waals surface area contributed by atoms with Crippen molar-refractivity contribution in [3.8, 4) is 5.75 Å². The molecule has 1 heterocycles. The van der Waals surface area contributed by atoms with Gasteiger partial charge in [0.05, 0.1) is 18.7 Å². The van der Waals surface area contributed by atoms with E-state index in [0.29, 0.717) is 6.54 Å². The van der Waals surface area contributed by atoms with E-state index in [1.165, 1.54) is 0 Å². The molecule has 120 valence electrons. The molecule has 0 saturated carbocycles. The van der Waals surface area contributed by atoms with Gasteiger partial charge in [-0.2, -0.15) is 0 Å². The number of nitrogens with one attached hydrogen (secondary N) is 1. The number of hydrogen-bond donors (Lipinski definition) is 2. The molecule has 1 unspecified atom stereocenters. The zero-order valence-corrected chi connectivity index (χ0v) is 13.0. The number of rotatable bonds is 7. The second kappa shape index (κ2) is 7.84. The maximum Gasteiger partial charge on any atom is 0.308 e. The summed E-state index contributed by atoms with van der Waals surface area (Å²) in [6.07, 6.45) is 3.46. The topological polar surface area (TPSA) is 61.8 Å². The molecular formula is C17H24N2O3. The molecule has 22 heavy (non-hydrogen) atoms. The van der Waals surface area contributed by atoms with E-state index in [4.69, 9.17) is 4.74 Å². The van der Waals surface area contributed by atoms with Crippen molar-refractivity contribution in [1.82, 2.24) is 5.32 Å². The van der Waals surface area contributed by atoms with Crippen LogP contribution in [0.1, 0.15) is 18.4 Å². The van der Waals surface area contributed by atoms with Crippen LogP contribution in [0.4, 0.5) is 5.69 Å². The van der Waals surface area contributed by atoms with E-state index in [1.807, 2.05) is 18.2 Å². The van der Waals surface area contributed by atoms with Crippen LogP contribution in [-0.4, -0.2) is 37.8 Å². The largest absolute Gasteiger partial charge is 0.495 e. The van der Waals surface area contributed by atoms with Crippen molar-refractivity contribution in [3.63, 3.8) is 0 Å². The Morgan fingerprint density at radius 3 is 3.09 bits per heavy atom. The van der Waals surface area contributed by atoms with Gasteiger partial charge in [0.2, 0.25) is 0 Å². The summed E-state index contributed by atoms with van der Waals surface area (Å²) in [7, 11) is 1.65. The number of carboxylic acids is 1. The van der Waals surface area contributed by atoms with Crippen LogP contribution in [-0.2, 0) is 11.3 Å². The van der Waals surface area contributed by atoms with Gasteiger partial charge in [-0.1, -0.05) is 12.1 Å². The van der Waals surface area contributed by atoms with E-state index in [1.54, 1.807) is 7.11 Å². The molecule has 0 spiro atoms. The Morgan fingerprint density at radius 1 is 1.59 bits per heavy atom. The highest BCUT2D eigenvalue weighted by Gasteiger charge is 2.26. The Bertz CT molecular complexity index is 531. The van der Waals surface area contributed by atoms with Crippen LogP contribution in [0.2, 0.25) is 0 Å². The van der Waals surface area contributed by atoms with Crippen LogP contribution in [0.25, 0.3) is 0 Å². The quantitative estimate of drug-likeness (QED) is 0.598. The molecular weight excluding hydrogens is 280 g/mol. The minimum absolute atomic E-state index is 0.299. The Morgan fingerprint density at radius 2 is 2.41 bits per heavy atom. The number of carbonyl (C=O) groups is 1. The summed E-state index contributed by atoms with van der Waals surface area (Å²) in [5.74, 6) is -0.217. The minimum Gasteiger partial charge on any atom is -0.495 e. The summed E-state index contributed by atoms with van der Waals surface area (Å²) in [5, 5.41) is 12.5. The summed E-state index contributed by atoms with van der Waals surface area (Å²) < 4.78 is 5.50. The second-order valence-corrected chi connectivity index (χ2v) is 5.55. The molecule has 1 aliphatic rings. The lowest BCUT2D eigenvalue weighted by Crippen LogP contribution is -2.38. The predicted octanol–water partition coefficient (Wildman–Crippen LogP) is 2.27. The number of methoxy groups -OCH3 is 1. The first-order chi connectivity index (χ1) is 10.7. The molecule has 1 atom stereocenters. The van der Waals surface area contributed by atoms with Crippen LogP contribution >= 0.6 is 0 Å². The molecule has 1 aromatic carbocycles. The standard InChI is InChI=1S/C17H24N2O3/c1-3-8-18-11-13-6-7-15(16(10-13)22-2)19-9-4-5-14(12-19)17(20)21/h3,6-7,10,14,18H,1,4-5,8-9,11-12H2,2H3,(H,20,21). The third-order valence-electron chi connectivity index (χ3n) is 3.97. The van der Waals surface area contributed by atoms with Crippen LogP contribution in [0, 0.1) is 5.92 Å². The van der Waals surface area contributed by atoms with E-state index in [0.717, 1.165) is 49.5 Å². The highest BCUT2D eigenvalue weighted by Crippen LogP contribution is 2.32. The van der Waals surface area contributed by atoms with Gasteiger partial charge in [-0.3, -0.25) is 4.79 Å². The average Bonchev–Trinajstić information content (AvgIpc) is 2.55. The van der Waals surface area contributed by atoms with E-state index >= 15 is 0 Å². The summed E-state index contributed by atoms with van der Waals surface area (Å²) in [5.41, 5.74) is 2.11. The van der Waals surface area contributed by atoms with Gasteiger partial charge in [-0.25, -0.2) is 0 Å². The van der Waals surface area contributed by atoms with Gasteiger partial charge in [0.1, 0.15) is 5.75 Å². The van der Waals surface area contributed by atoms with Gasteiger partial charge < -0.3 is 20.1 Å². The van der Waals surface area contributed by atoms with Crippen LogP contribution in [0.3, 0.4) is 0 Å². The Balaban J connectivity index is 2.12. The first-order valence-electron chi connectivity index (χ1n) is 7.62. The molecule has 5 heteroatoms. The smallest absolute Gasteiger partial charge is 0.308 e. The van der Waals surface area contributed by atoms with Crippen molar-refractivity contribution in [1.29, 1.82) is 0 Å². The number of carboxylic acid groups (broad SMARTS) is 1. The lowest BCUT2D eigenvalue weighted by atomic mass is 9.97. The average molecular weight is 304 g/mol. The third kappa shape index (κ3) is 4.01. The summed E-state index contributed by atoms with van der Waals surface area (Å²) in [4.78, 5) is 13.3. The van der Waals surface area contributed by atoms with Crippen LogP contribution in [0.5, 0.6) is 5.75 Å². The summed E-state index contributed by atoms with van der Waals surface area (Å²) >= 11 is 0. The van der Waals surface area contributed by atoms with Crippen molar-refractivity contribution >= 4 is 11.7 Å². The van der Waals surface area contributed by atoms with Gasteiger partial charge in [-0.05, 0) is 30.5 Å². The Hall–Kier alpha value is -2.01. The van der Waals surface area contributed by atoms with Crippen molar-refractivity contribution in [3.05, 3.63) is 36.4 Å². The lowest BCUT2D eigenvalue weighted by molar-refractivity contribution is -0.141. The predicted molar refractivity (Wildman–Crippen MR) is 87.5 cm³/mol. The van der Waals surface area contributed by atoms with Crippen LogP contribution < -0.4 is 15.0 Å². The van der Waals surface area contributed by atoms with Gasteiger partial charge in [0, 0.05) is 26.2 Å². The van der Waals surface area contributed by atoms with Gasteiger partial charge in [-0.15, -0.1) is 6.58 Å². The molecule has 1 aromatic rings. The molecule has 0 radical (unpaired) electrons. The molecule has 2 rings (SSSR count). The number of ether oxygens (including phenoxy) is 1. The maximum atomic E-state index is 11.2. The second-order valence-electron chi connectivity index (χ2n) is 5.55. The number of aliphatic carboxylic acids is 1. The molecule has 0 bridgehead atoms. The molecule has 0 aromatic heterocycles. The lowest BCUT2D eigenvalue weighted by Gasteiger charge is -2.33. The first-order valence-corrected chi connectivity index (χ1v) is 7.62. The third-order valence-corrected chi connectivity index (χ3v) is 3.97. The number of benzene rings is 1. The monoisotopic (exact) mass is 304 g/mol.